The van der Waals surface area contributed by atoms with Crippen LogP contribution < -0.4 is 0 Å². The molecule has 0 aliphatic rings. The summed E-state index contributed by atoms with van der Waals surface area (Å²) in [6.07, 6.45) is 0. The summed E-state index contributed by atoms with van der Waals surface area (Å²) in [4.78, 5) is 0. The Labute approximate surface area is 81.0 Å². The van der Waals surface area contributed by atoms with Crippen LogP contribution in [0.5, 0.6) is 0 Å². The van der Waals surface area contributed by atoms with Gasteiger partial charge in [0.1, 0.15) is 0 Å². The van der Waals surface area contributed by atoms with Crippen LogP contribution in [0, 0.1) is 0 Å². The maximum Gasteiger partial charge on any atom is 0 e. The van der Waals surface area contributed by atoms with Crippen LogP contribution in [0.15, 0.2) is 0 Å². The molecule has 0 atom stereocenters. The molecule has 0 heterocycles. The molecule has 0 aromatic heterocycles. The smallest absolute Gasteiger partial charge is 0 e. The van der Waals surface area contributed by atoms with Crippen molar-refractivity contribution < 1.29 is 81.0 Å². The number of rotatable bonds is 0. The van der Waals surface area contributed by atoms with E-state index in [0.29, 0.717) is 0 Å². The molecule has 9 heteroatoms. The van der Waals surface area contributed by atoms with E-state index in [1.54, 1.807) is 0 Å². The van der Waals surface area contributed by atoms with Crippen LogP contribution in [-0.4, -0.2) is 32.9 Å². The minimum Gasteiger partial charge on any atom is -0.412 e. The van der Waals surface area contributed by atoms with E-state index in [2.05, 4.69) is 0 Å². The van der Waals surface area contributed by atoms with Crippen molar-refractivity contribution >= 4 is 0 Å². The van der Waals surface area contributed by atoms with Crippen LogP contribution in [0.3, 0.4) is 0 Å². The first-order valence-corrected chi connectivity index (χ1v) is 0. The number of halogens is 1. The van der Waals surface area contributed by atoms with E-state index < -0.39 is 0 Å². The fourth-order valence-corrected chi connectivity index (χ4v) is 0. The zero-order valence-electron chi connectivity index (χ0n) is 4.41. The second-order valence-electron chi connectivity index (χ2n) is 0. The molecule has 0 saturated carbocycles. The molecule has 0 aliphatic heterocycles. The first-order chi connectivity index (χ1) is 0. The third-order valence-corrected chi connectivity index (χ3v) is 0. The van der Waals surface area contributed by atoms with E-state index in [-0.39, 0.29) is 81.0 Å². The molecule has 0 amide bonds. The minimum absolute atomic E-state index is 0. The first-order valence-electron chi connectivity index (χ1n) is 0. The molecular formula is H13FO6Ti2. The van der Waals surface area contributed by atoms with Gasteiger partial charge in [-0.05, 0) is 0 Å². The largest absolute Gasteiger partial charge is 0.412 e. The second kappa shape index (κ2) is 480. The van der Waals surface area contributed by atoms with Gasteiger partial charge >= 0.3 is 0 Å². The summed E-state index contributed by atoms with van der Waals surface area (Å²) in [5, 5.41) is 0. The molecule has 0 radical (unpaired) electrons. The first kappa shape index (κ1) is 672. The van der Waals surface area contributed by atoms with Crippen LogP contribution in [0.1, 0.15) is 0 Å². The maximum absolute atomic E-state index is 0. The predicted octanol–water partition coefficient (Wildman–Crippen LogP) is -4.80. The van der Waals surface area contributed by atoms with Gasteiger partial charge in [-0.1, -0.05) is 0 Å². The fourth-order valence-electron chi connectivity index (χ4n) is 0. The zero-order valence-corrected chi connectivity index (χ0v) is 7.53. The van der Waals surface area contributed by atoms with Crippen molar-refractivity contribution in [2.45, 2.75) is 0 Å². The summed E-state index contributed by atoms with van der Waals surface area (Å²) < 4.78 is 0. The summed E-state index contributed by atoms with van der Waals surface area (Å²) in [6, 6.07) is 0. The van der Waals surface area contributed by atoms with Gasteiger partial charge in [0.05, 0.1) is 0 Å². The van der Waals surface area contributed by atoms with Gasteiger partial charge < -0.3 is 32.9 Å². The molecule has 0 spiro atoms. The molecule has 9 heavy (non-hydrogen) atoms. The van der Waals surface area contributed by atoms with E-state index in [0.717, 1.165) is 0 Å². The minimum atomic E-state index is 0. The molecule has 0 saturated heterocycles. The fraction of sp³-hybridized carbons (Fsp3) is 0. The van der Waals surface area contributed by atoms with Crippen LogP contribution in [-0.2, 0) is 43.4 Å². The normalized spacial score (nSPS) is 0. The SMILES string of the molecule is F.O.O.O.O.O.O.[Ti].[Ti]. The molecule has 6 nitrogen and oxygen atoms in total. The Morgan fingerprint density at radius 3 is 0.333 bits per heavy atom. The van der Waals surface area contributed by atoms with Crippen molar-refractivity contribution in [3.63, 3.8) is 0 Å². The van der Waals surface area contributed by atoms with Crippen LogP contribution in [0.4, 0.5) is 4.70 Å². The number of hydrogen-bond donors (Lipinski definition) is 0. The van der Waals surface area contributed by atoms with Crippen molar-refractivity contribution in [1.82, 2.24) is 0 Å². The van der Waals surface area contributed by atoms with E-state index in [9.17, 15) is 0 Å². The average Bonchev–Trinajstić information content (AvgIpc) is 0. The Kier molecular flexibility index (Phi) is 35900. The summed E-state index contributed by atoms with van der Waals surface area (Å²) >= 11 is 0. The zero-order chi connectivity index (χ0) is 0. The van der Waals surface area contributed by atoms with Gasteiger partial charge in [0.25, 0.3) is 0 Å². The van der Waals surface area contributed by atoms with E-state index in [1.807, 2.05) is 0 Å². The van der Waals surface area contributed by atoms with Crippen LogP contribution in [0.25, 0.3) is 0 Å². The van der Waals surface area contributed by atoms with Gasteiger partial charge in [-0.2, -0.15) is 0 Å². The summed E-state index contributed by atoms with van der Waals surface area (Å²) in [5.41, 5.74) is 0. The van der Waals surface area contributed by atoms with Gasteiger partial charge in [-0.15, -0.1) is 0 Å². The van der Waals surface area contributed by atoms with E-state index in [1.165, 1.54) is 0 Å². The third-order valence-electron chi connectivity index (χ3n) is 0. The molecule has 0 bridgehead atoms. The quantitative estimate of drug-likeness (QED) is 0.357. The van der Waals surface area contributed by atoms with Gasteiger partial charge in [0.2, 0.25) is 0 Å². The summed E-state index contributed by atoms with van der Waals surface area (Å²) in [7, 11) is 0. The third kappa shape index (κ3) is 369. The maximum atomic E-state index is 0. The van der Waals surface area contributed by atoms with Crippen molar-refractivity contribution in [2.24, 2.45) is 0 Å². The van der Waals surface area contributed by atoms with Crippen LogP contribution in [0.2, 0.25) is 0 Å². The Balaban J connectivity index is 0. The molecule has 0 fully saturated rings. The Morgan fingerprint density at radius 1 is 0.333 bits per heavy atom. The van der Waals surface area contributed by atoms with Crippen molar-refractivity contribution in [3.8, 4) is 0 Å². The van der Waals surface area contributed by atoms with Gasteiger partial charge in [0, 0.05) is 43.4 Å². The molecule has 0 aromatic carbocycles. The van der Waals surface area contributed by atoms with Gasteiger partial charge in [-0.25, -0.2) is 0 Å². The molecule has 0 unspecified atom stereocenters. The Morgan fingerprint density at radius 2 is 0.333 bits per heavy atom. The van der Waals surface area contributed by atoms with Crippen LogP contribution >= 0.6 is 0 Å². The van der Waals surface area contributed by atoms with Crippen molar-refractivity contribution in [3.05, 3.63) is 0 Å². The molecule has 0 rings (SSSR count). The van der Waals surface area contributed by atoms with Crippen molar-refractivity contribution in [1.29, 1.82) is 0 Å². The van der Waals surface area contributed by atoms with E-state index >= 15 is 0 Å². The molecule has 0 aromatic rings. The van der Waals surface area contributed by atoms with Gasteiger partial charge in [-0.3, -0.25) is 4.70 Å². The Hall–Kier alpha value is 1.12. The topological polar surface area (TPSA) is 189 Å². The average molecular weight is 224 g/mol. The van der Waals surface area contributed by atoms with E-state index in [4.69, 9.17) is 0 Å². The summed E-state index contributed by atoms with van der Waals surface area (Å²) in [6.45, 7) is 0. The predicted molar refractivity (Wildman–Crippen MR) is 24.2 cm³/mol. The molecular weight excluding hydrogens is 211 g/mol. The van der Waals surface area contributed by atoms with Gasteiger partial charge in [0.15, 0.2) is 0 Å². The number of hydrogen-bond acceptors (Lipinski definition) is 0. The van der Waals surface area contributed by atoms with Crippen molar-refractivity contribution in [2.75, 3.05) is 0 Å². The standard InChI is InChI=1S/FH.6H2O.2Ti/h1H;6*1H2;;. The summed E-state index contributed by atoms with van der Waals surface area (Å²) in [5.74, 6) is 0. The second-order valence-corrected chi connectivity index (χ2v) is 0. The monoisotopic (exact) mass is 224 g/mol. The molecule has 12 N–H and O–H groups in total. The Bertz CT molecular complexity index is 11.0. The molecule has 64 valence electrons. The molecule has 0 aliphatic carbocycles.